The molecule has 0 aliphatic carbocycles. The summed E-state index contributed by atoms with van der Waals surface area (Å²) in [5.41, 5.74) is 0.903. The Morgan fingerprint density at radius 2 is 2.21 bits per heavy atom. The third-order valence-electron chi connectivity index (χ3n) is 1.64. The van der Waals surface area contributed by atoms with Crippen LogP contribution in [0.4, 0.5) is 13.2 Å². The van der Waals surface area contributed by atoms with E-state index in [2.05, 4.69) is 9.84 Å². The van der Waals surface area contributed by atoms with Crippen molar-refractivity contribution in [3.63, 3.8) is 0 Å². The molecule has 80 valence electrons. The van der Waals surface area contributed by atoms with Crippen molar-refractivity contribution in [3.8, 4) is 0 Å². The number of aryl methyl sites for hydroxylation is 1. The van der Waals surface area contributed by atoms with Crippen LogP contribution >= 0.6 is 0 Å². The van der Waals surface area contributed by atoms with Gasteiger partial charge in [-0.15, -0.1) is 0 Å². The summed E-state index contributed by atoms with van der Waals surface area (Å²) in [6, 6.07) is 1.78. The van der Waals surface area contributed by atoms with Gasteiger partial charge in [0.15, 0.2) is 0 Å². The van der Waals surface area contributed by atoms with Crippen molar-refractivity contribution in [3.05, 3.63) is 18.0 Å². The molecule has 1 heterocycles. The molecule has 0 spiro atoms. The highest BCUT2D eigenvalue weighted by Crippen LogP contribution is 2.14. The molecule has 0 aromatic carbocycles. The van der Waals surface area contributed by atoms with E-state index in [1.165, 1.54) is 0 Å². The minimum absolute atomic E-state index is 0.0159. The molecule has 0 atom stereocenters. The van der Waals surface area contributed by atoms with Crippen LogP contribution in [0.1, 0.15) is 5.69 Å². The summed E-state index contributed by atoms with van der Waals surface area (Å²) in [6.45, 7) is 0.987. The lowest BCUT2D eigenvalue weighted by molar-refractivity contribution is -0.174. The number of aromatic nitrogens is 2. The second-order valence-electron chi connectivity index (χ2n) is 2.86. The number of alkyl halides is 3. The average Bonchev–Trinajstić information content (AvgIpc) is 2.44. The van der Waals surface area contributed by atoms with Crippen molar-refractivity contribution in [1.82, 2.24) is 9.78 Å². The summed E-state index contributed by atoms with van der Waals surface area (Å²) in [4.78, 5) is 0. The highest BCUT2D eigenvalue weighted by Gasteiger charge is 2.27. The van der Waals surface area contributed by atoms with Gasteiger partial charge in [0.05, 0.1) is 13.2 Å². The Hall–Kier alpha value is -1.04. The standard InChI is InChI=1S/C8H11F3N2O/c1-7-2-3-12-13(7)4-5-14-6-8(9,10)11/h2-3H,4-6H2,1H3. The first-order valence-electron chi connectivity index (χ1n) is 4.12. The van der Waals surface area contributed by atoms with Crippen LogP contribution in [0.2, 0.25) is 0 Å². The Morgan fingerprint density at radius 1 is 1.50 bits per heavy atom. The molecule has 0 bridgehead atoms. The molecule has 3 nitrogen and oxygen atoms in total. The molecule has 0 fully saturated rings. The predicted octanol–water partition coefficient (Wildman–Crippen LogP) is 1.77. The van der Waals surface area contributed by atoms with Crippen LogP contribution < -0.4 is 0 Å². The molecule has 0 saturated heterocycles. The van der Waals surface area contributed by atoms with Crippen molar-refractivity contribution in [1.29, 1.82) is 0 Å². The summed E-state index contributed by atoms with van der Waals surface area (Å²) in [6.07, 6.45) is -2.65. The highest BCUT2D eigenvalue weighted by atomic mass is 19.4. The molecule has 1 aromatic rings. The molecular weight excluding hydrogens is 197 g/mol. The van der Waals surface area contributed by atoms with E-state index < -0.39 is 12.8 Å². The van der Waals surface area contributed by atoms with Gasteiger partial charge in [-0.2, -0.15) is 18.3 Å². The zero-order valence-corrected chi connectivity index (χ0v) is 7.71. The third kappa shape index (κ3) is 3.78. The molecule has 1 aromatic heterocycles. The van der Waals surface area contributed by atoms with E-state index in [1.807, 2.05) is 6.92 Å². The van der Waals surface area contributed by atoms with Crippen molar-refractivity contribution in [2.24, 2.45) is 0 Å². The fraction of sp³-hybridized carbons (Fsp3) is 0.625. The highest BCUT2D eigenvalue weighted by molar-refractivity contribution is 4.96. The lowest BCUT2D eigenvalue weighted by Crippen LogP contribution is -2.19. The van der Waals surface area contributed by atoms with E-state index in [0.29, 0.717) is 6.54 Å². The maximum atomic E-state index is 11.7. The smallest absolute Gasteiger partial charge is 0.370 e. The summed E-state index contributed by atoms with van der Waals surface area (Å²) in [5.74, 6) is 0. The van der Waals surface area contributed by atoms with Crippen molar-refractivity contribution >= 4 is 0 Å². The summed E-state index contributed by atoms with van der Waals surface area (Å²) < 4.78 is 41.0. The van der Waals surface area contributed by atoms with E-state index in [-0.39, 0.29) is 6.61 Å². The lowest BCUT2D eigenvalue weighted by atomic mass is 10.5. The van der Waals surface area contributed by atoms with Crippen LogP contribution in [-0.4, -0.2) is 29.2 Å². The number of ether oxygens (including phenoxy) is 1. The van der Waals surface area contributed by atoms with Crippen molar-refractivity contribution < 1.29 is 17.9 Å². The second kappa shape index (κ2) is 4.45. The Kier molecular flexibility index (Phi) is 3.51. The SMILES string of the molecule is Cc1ccnn1CCOCC(F)(F)F. The fourth-order valence-electron chi connectivity index (χ4n) is 0.972. The molecule has 0 aliphatic rings. The summed E-state index contributed by atoms with van der Waals surface area (Å²) in [7, 11) is 0. The van der Waals surface area contributed by atoms with Crippen molar-refractivity contribution in [2.75, 3.05) is 13.2 Å². The van der Waals surface area contributed by atoms with Crippen LogP contribution in [-0.2, 0) is 11.3 Å². The van der Waals surface area contributed by atoms with Gasteiger partial charge in [-0.3, -0.25) is 4.68 Å². The van der Waals surface area contributed by atoms with Crippen LogP contribution in [0.15, 0.2) is 12.3 Å². The van der Waals surface area contributed by atoms with Gasteiger partial charge in [0, 0.05) is 11.9 Å². The van der Waals surface area contributed by atoms with E-state index in [9.17, 15) is 13.2 Å². The van der Waals surface area contributed by atoms with E-state index in [0.717, 1.165) is 5.69 Å². The van der Waals surface area contributed by atoms with Crippen LogP contribution in [0, 0.1) is 6.92 Å². The fourth-order valence-corrected chi connectivity index (χ4v) is 0.972. The van der Waals surface area contributed by atoms with Crippen LogP contribution in [0.5, 0.6) is 0 Å². The topological polar surface area (TPSA) is 27.1 Å². The number of rotatable bonds is 4. The van der Waals surface area contributed by atoms with Crippen molar-refractivity contribution in [2.45, 2.75) is 19.6 Å². The zero-order valence-electron chi connectivity index (χ0n) is 7.71. The van der Waals surface area contributed by atoms with E-state index in [1.54, 1.807) is 16.9 Å². The molecule has 0 radical (unpaired) electrons. The normalized spacial score (nSPS) is 12.0. The summed E-state index contributed by atoms with van der Waals surface area (Å²) >= 11 is 0. The van der Waals surface area contributed by atoms with Gasteiger partial charge in [0.2, 0.25) is 0 Å². The number of hydrogen-bond donors (Lipinski definition) is 0. The predicted molar refractivity (Wildman–Crippen MR) is 43.8 cm³/mol. The Balaban J connectivity index is 2.20. The molecule has 0 saturated carbocycles. The largest absolute Gasteiger partial charge is 0.411 e. The Labute approximate surface area is 79.5 Å². The maximum absolute atomic E-state index is 11.7. The minimum Gasteiger partial charge on any atom is -0.370 e. The maximum Gasteiger partial charge on any atom is 0.411 e. The molecule has 14 heavy (non-hydrogen) atoms. The quantitative estimate of drug-likeness (QED) is 0.705. The van der Waals surface area contributed by atoms with Gasteiger partial charge in [0.25, 0.3) is 0 Å². The Bertz CT molecular complexity index is 282. The van der Waals surface area contributed by atoms with Gasteiger partial charge >= 0.3 is 6.18 Å². The van der Waals surface area contributed by atoms with Gasteiger partial charge < -0.3 is 4.74 Å². The minimum atomic E-state index is -4.25. The molecular formula is C8H11F3N2O. The van der Waals surface area contributed by atoms with Gasteiger partial charge in [0.1, 0.15) is 6.61 Å². The van der Waals surface area contributed by atoms with Gasteiger partial charge in [-0.1, -0.05) is 0 Å². The molecule has 0 aliphatic heterocycles. The number of hydrogen-bond acceptors (Lipinski definition) is 2. The Morgan fingerprint density at radius 3 is 2.71 bits per heavy atom. The molecule has 0 N–H and O–H groups in total. The number of halogens is 3. The van der Waals surface area contributed by atoms with Gasteiger partial charge in [-0.25, -0.2) is 0 Å². The monoisotopic (exact) mass is 208 g/mol. The first-order chi connectivity index (χ1) is 6.49. The van der Waals surface area contributed by atoms with Crippen LogP contribution in [0.25, 0.3) is 0 Å². The lowest BCUT2D eigenvalue weighted by Gasteiger charge is -2.08. The number of nitrogens with zero attached hydrogens (tertiary/aromatic N) is 2. The first-order valence-corrected chi connectivity index (χ1v) is 4.12. The average molecular weight is 208 g/mol. The molecule has 1 rings (SSSR count). The molecule has 6 heteroatoms. The van der Waals surface area contributed by atoms with E-state index >= 15 is 0 Å². The summed E-state index contributed by atoms with van der Waals surface area (Å²) in [5, 5.41) is 3.91. The third-order valence-corrected chi connectivity index (χ3v) is 1.64. The van der Waals surface area contributed by atoms with Crippen LogP contribution in [0.3, 0.4) is 0 Å². The first kappa shape index (κ1) is 11.0. The molecule has 0 amide bonds. The zero-order chi connectivity index (χ0) is 10.6. The molecule has 0 unspecified atom stereocenters. The second-order valence-corrected chi connectivity index (χ2v) is 2.86. The van der Waals surface area contributed by atoms with Gasteiger partial charge in [-0.05, 0) is 13.0 Å². The van der Waals surface area contributed by atoms with E-state index in [4.69, 9.17) is 0 Å².